The summed E-state index contributed by atoms with van der Waals surface area (Å²) in [6.07, 6.45) is 3.78. The van der Waals surface area contributed by atoms with E-state index < -0.39 is 0 Å². The second kappa shape index (κ2) is 6.96. The first kappa shape index (κ1) is 13.6. The van der Waals surface area contributed by atoms with Crippen LogP contribution in [0.4, 0.5) is 0 Å². The molecule has 0 aromatic carbocycles. The number of carbonyl (C=O) groups excluding carboxylic acids is 1. The van der Waals surface area contributed by atoms with Crippen LogP contribution in [0.5, 0.6) is 0 Å². The van der Waals surface area contributed by atoms with Crippen LogP contribution >= 0.6 is 11.3 Å². The van der Waals surface area contributed by atoms with Crippen LogP contribution in [0.15, 0.2) is 29.9 Å². The van der Waals surface area contributed by atoms with Gasteiger partial charge in [0, 0.05) is 37.0 Å². The lowest BCUT2D eigenvalue weighted by atomic mass is 10.3. The van der Waals surface area contributed by atoms with Crippen molar-refractivity contribution in [2.24, 2.45) is 0 Å². The van der Waals surface area contributed by atoms with Crippen molar-refractivity contribution in [3.8, 4) is 10.6 Å². The standard InChI is InChI=1S/C13H15N3O2S/c1-18-6-5-15-12(17)7-11-9-19-13(16-11)10-3-2-4-14-8-10/h2-4,8-9H,5-7H2,1H3,(H,15,17). The maximum atomic E-state index is 11.6. The summed E-state index contributed by atoms with van der Waals surface area (Å²) >= 11 is 1.52. The third-order valence-electron chi connectivity index (χ3n) is 2.43. The molecule has 100 valence electrons. The van der Waals surface area contributed by atoms with Gasteiger partial charge in [-0.1, -0.05) is 0 Å². The summed E-state index contributed by atoms with van der Waals surface area (Å²) in [5.74, 6) is -0.0416. The Hall–Kier alpha value is -1.79. The number of aromatic nitrogens is 2. The minimum atomic E-state index is -0.0416. The molecule has 0 spiro atoms. The molecule has 0 radical (unpaired) electrons. The summed E-state index contributed by atoms with van der Waals surface area (Å²) in [4.78, 5) is 20.1. The molecule has 0 aliphatic rings. The van der Waals surface area contributed by atoms with Crippen molar-refractivity contribution in [2.45, 2.75) is 6.42 Å². The third kappa shape index (κ3) is 4.11. The van der Waals surface area contributed by atoms with Crippen LogP contribution in [0.3, 0.4) is 0 Å². The van der Waals surface area contributed by atoms with E-state index in [9.17, 15) is 4.79 Å². The fraction of sp³-hybridized carbons (Fsp3) is 0.308. The van der Waals surface area contributed by atoms with Crippen molar-refractivity contribution >= 4 is 17.2 Å². The zero-order valence-electron chi connectivity index (χ0n) is 10.6. The van der Waals surface area contributed by atoms with Crippen molar-refractivity contribution in [3.63, 3.8) is 0 Å². The van der Waals surface area contributed by atoms with E-state index in [1.165, 1.54) is 11.3 Å². The molecule has 1 amide bonds. The largest absolute Gasteiger partial charge is 0.383 e. The van der Waals surface area contributed by atoms with Gasteiger partial charge in [-0.3, -0.25) is 9.78 Å². The molecule has 2 aromatic heterocycles. The first-order chi connectivity index (χ1) is 9.29. The number of hydrogen-bond acceptors (Lipinski definition) is 5. The van der Waals surface area contributed by atoms with Gasteiger partial charge in [-0.15, -0.1) is 11.3 Å². The smallest absolute Gasteiger partial charge is 0.226 e. The number of methoxy groups -OCH3 is 1. The van der Waals surface area contributed by atoms with Crippen LogP contribution < -0.4 is 5.32 Å². The van der Waals surface area contributed by atoms with Gasteiger partial charge >= 0.3 is 0 Å². The quantitative estimate of drug-likeness (QED) is 0.813. The molecule has 0 saturated heterocycles. The molecule has 0 bridgehead atoms. The normalized spacial score (nSPS) is 10.4. The molecule has 0 aliphatic heterocycles. The SMILES string of the molecule is COCCNC(=O)Cc1csc(-c2cccnc2)n1. The van der Waals surface area contributed by atoms with E-state index in [0.29, 0.717) is 19.6 Å². The lowest BCUT2D eigenvalue weighted by molar-refractivity contribution is -0.120. The molecule has 0 unspecified atom stereocenters. The first-order valence-electron chi connectivity index (χ1n) is 5.90. The van der Waals surface area contributed by atoms with Crippen LogP contribution in [0, 0.1) is 0 Å². The van der Waals surface area contributed by atoms with Crippen LogP contribution in [-0.2, 0) is 16.0 Å². The van der Waals surface area contributed by atoms with E-state index in [1.54, 1.807) is 19.5 Å². The number of nitrogens with one attached hydrogen (secondary N) is 1. The summed E-state index contributed by atoms with van der Waals surface area (Å²) in [5, 5.41) is 5.55. The molecule has 0 aliphatic carbocycles. The topological polar surface area (TPSA) is 64.1 Å². The zero-order chi connectivity index (χ0) is 13.5. The van der Waals surface area contributed by atoms with Gasteiger partial charge in [-0.05, 0) is 12.1 Å². The van der Waals surface area contributed by atoms with Crippen LogP contribution in [-0.4, -0.2) is 36.1 Å². The molecule has 1 N–H and O–H groups in total. The summed E-state index contributed by atoms with van der Waals surface area (Å²) in [7, 11) is 1.60. The van der Waals surface area contributed by atoms with Gasteiger partial charge in [0.1, 0.15) is 5.01 Å². The van der Waals surface area contributed by atoms with E-state index >= 15 is 0 Å². The number of amides is 1. The number of hydrogen-bond donors (Lipinski definition) is 1. The van der Waals surface area contributed by atoms with Crippen molar-refractivity contribution in [2.75, 3.05) is 20.3 Å². The maximum absolute atomic E-state index is 11.6. The Morgan fingerprint density at radius 3 is 3.16 bits per heavy atom. The van der Waals surface area contributed by atoms with E-state index in [0.717, 1.165) is 16.3 Å². The minimum absolute atomic E-state index is 0.0416. The average molecular weight is 277 g/mol. The predicted molar refractivity (Wildman–Crippen MR) is 73.9 cm³/mol. The van der Waals surface area contributed by atoms with Crippen LogP contribution in [0.2, 0.25) is 0 Å². The van der Waals surface area contributed by atoms with Gasteiger partial charge in [-0.2, -0.15) is 0 Å². The zero-order valence-corrected chi connectivity index (χ0v) is 11.4. The molecule has 6 heteroatoms. The number of ether oxygens (including phenoxy) is 1. The fourth-order valence-corrected chi connectivity index (χ4v) is 2.34. The van der Waals surface area contributed by atoms with Gasteiger partial charge in [0.25, 0.3) is 0 Å². The molecule has 2 aromatic rings. The van der Waals surface area contributed by atoms with Gasteiger partial charge in [0.15, 0.2) is 0 Å². The van der Waals surface area contributed by atoms with Crippen molar-refractivity contribution in [3.05, 3.63) is 35.6 Å². The Balaban J connectivity index is 1.93. The molecule has 19 heavy (non-hydrogen) atoms. The Labute approximate surface area is 115 Å². The third-order valence-corrected chi connectivity index (χ3v) is 3.37. The highest BCUT2D eigenvalue weighted by molar-refractivity contribution is 7.13. The van der Waals surface area contributed by atoms with E-state index in [4.69, 9.17) is 4.74 Å². The Bertz CT molecular complexity index is 528. The number of thiazole rings is 1. The van der Waals surface area contributed by atoms with Gasteiger partial charge < -0.3 is 10.1 Å². The van der Waals surface area contributed by atoms with Gasteiger partial charge in [0.05, 0.1) is 18.7 Å². The molecular weight excluding hydrogens is 262 g/mol. The molecule has 2 rings (SSSR count). The Morgan fingerprint density at radius 1 is 1.53 bits per heavy atom. The van der Waals surface area contributed by atoms with E-state index in [1.807, 2.05) is 17.5 Å². The minimum Gasteiger partial charge on any atom is -0.383 e. The van der Waals surface area contributed by atoms with Gasteiger partial charge in [0.2, 0.25) is 5.91 Å². The maximum Gasteiger partial charge on any atom is 0.226 e. The highest BCUT2D eigenvalue weighted by Gasteiger charge is 2.08. The lowest BCUT2D eigenvalue weighted by Crippen LogP contribution is -2.28. The second-order valence-corrected chi connectivity index (χ2v) is 4.76. The molecule has 0 saturated carbocycles. The Kier molecular flexibility index (Phi) is 5.00. The van der Waals surface area contributed by atoms with E-state index in [-0.39, 0.29) is 5.91 Å². The van der Waals surface area contributed by atoms with Crippen LogP contribution in [0.25, 0.3) is 10.6 Å². The number of rotatable bonds is 6. The summed E-state index contributed by atoms with van der Waals surface area (Å²) < 4.78 is 4.87. The predicted octanol–water partition coefficient (Wildman–Crippen LogP) is 1.51. The average Bonchev–Trinajstić information content (AvgIpc) is 2.88. The monoisotopic (exact) mass is 277 g/mol. The summed E-state index contributed by atoms with van der Waals surface area (Å²) in [5.41, 5.74) is 1.75. The van der Waals surface area contributed by atoms with Crippen molar-refractivity contribution in [1.29, 1.82) is 0 Å². The fourth-order valence-electron chi connectivity index (χ4n) is 1.53. The number of pyridine rings is 1. The molecule has 5 nitrogen and oxygen atoms in total. The first-order valence-corrected chi connectivity index (χ1v) is 6.78. The molecular formula is C13H15N3O2S. The van der Waals surface area contributed by atoms with Gasteiger partial charge in [-0.25, -0.2) is 4.98 Å². The summed E-state index contributed by atoms with van der Waals surface area (Å²) in [6, 6.07) is 3.82. The van der Waals surface area contributed by atoms with Crippen molar-refractivity contribution < 1.29 is 9.53 Å². The highest BCUT2D eigenvalue weighted by atomic mass is 32.1. The molecule has 0 fully saturated rings. The summed E-state index contributed by atoms with van der Waals surface area (Å²) in [6.45, 7) is 1.04. The number of carbonyl (C=O) groups is 1. The Morgan fingerprint density at radius 2 is 2.42 bits per heavy atom. The second-order valence-electron chi connectivity index (χ2n) is 3.91. The highest BCUT2D eigenvalue weighted by Crippen LogP contribution is 2.22. The molecule has 0 atom stereocenters. The van der Waals surface area contributed by atoms with E-state index in [2.05, 4.69) is 15.3 Å². The molecule has 2 heterocycles. The van der Waals surface area contributed by atoms with Crippen LogP contribution in [0.1, 0.15) is 5.69 Å². The van der Waals surface area contributed by atoms with Crippen molar-refractivity contribution in [1.82, 2.24) is 15.3 Å². The lowest BCUT2D eigenvalue weighted by Gasteiger charge is -2.02. The number of nitrogens with zero attached hydrogens (tertiary/aromatic N) is 2.